The molecule has 0 saturated carbocycles. The first-order chi connectivity index (χ1) is 10.7. The van der Waals surface area contributed by atoms with Gasteiger partial charge in [0, 0.05) is 5.56 Å². The van der Waals surface area contributed by atoms with Gasteiger partial charge in [-0.1, -0.05) is 42.5 Å². The fraction of sp³-hybridized carbons (Fsp3) is 0.0588. The number of rotatable bonds is 3. The molecule has 0 spiro atoms. The number of benzene rings is 2. The zero-order chi connectivity index (χ0) is 15.5. The molecule has 0 saturated heterocycles. The number of halogens is 1. The molecular weight excluding hydrogens is 362 g/mol. The molecule has 0 radical (unpaired) electrons. The van der Waals surface area contributed by atoms with Gasteiger partial charge in [-0.05, 0) is 33.6 Å². The van der Waals surface area contributed by atoms with Gasteiger partial charge in [-0.15, -0.1) is 11.3 Å². The van der Waals surface area contributed by atoms with E-state index in [1.54, 1.807) is 23.5 Å². The lowest BCUT2D eigenvalue weighted by atomic mass is 10.1. The number of esters is 1. The number of nitrogens with zero attached hydrogens (tertiary/aromatic N) is 1. The lowest BCUT2D eigenvalue weighted by Crippen LogP contribution is -2.00. The maximum atomic E-state index is 11.5. The molecule has 5 heteroatoms. The van der Waals surface area contributed by atoms with E-state index in [0.29, 0.717) is 5.56 Å². The number of hydrogen-bond donors (Lipinski definition) is 0. The lowest BCUT2D eigenvalue weighted by Gasteiger charge is -2.00. The molecule has 3 aromatic rings. The second kappa shape index (κ2) is 6.42. The minimum Gasteiger partial charge on any atom is -0.465 e. The van der Waals surface area contributed by atoms with E-state index in [4.69, 9.17) is 4.74 Å². The van der Waals surface area contributed by atoms with Crippen LogP contribution in [0.15, 0.2) is 59.2 Å². The first-order valence-electron chi connectivity index (χ1n) is 6.59. The zero-order valence-corrected chi connectivity index (χ0v) is 14.1. The van der Waals surface area contributed by atoms with Crippen LogP contribution < -0.4 is 0 Å². The smallest absolute Gasteiger partial charge is 0.337 e. The van der Waals surface area contributed by atoms with Crippen LogP contribution in [0.4, 0.5) is 0 Å². The van der Waals surface area contributed by atoms with Crippen molar-refractivity contribution in [3.63, 3.8) is 0 Å². The standard InChI is InChI=1S/C17H12BrNO2S/c1-21-17(20)13-9-7-12(8-10-13)16-19-15(18)14(22-16)11-5-3-2-4-6-11/h2-10H,1H3. The molecular formula is C17H12BrNO2S. The number of aromatic nitrogens is 1. The molecule has 0 fully saturated rings. The summed E-state index contributed by atoms with van der Waals surface area (Å²) in [6, 6.07) is 17.4. The number of methoxy groups -OCH3 is 1. The van der Waals surface area contributed by atoms with Gasteiger partial charge in [0.15, 0.2) is 0 Å². The average Bonchev–Trinajstić information content (AvgIpc) is 2.97. The Bertz CT molecular complexity index is 797. The molecule has 22 heavy (non-hydrogen) atoms. The molecule has 0 aliphatic carbocycles. The van der Waals surface area contributed by atoms with Crippen LogP contribution in [0.1, 0.15) is 10.4 Å². The highest BCUT2D eigenvalue weighted by atomic mass is 79.9. The molecule has 0 aliphatic rings. The van der Waals surface area contributed by atoms with Gasteiger partial charge in [0.05, 0.1) is 17.6 Å². The highest BCUT2D eigenvalue weighted by Crippen LogP contribution is 2.38. The summed E-state index contributed by atoms with van der Waals surface area (Å²) in [7, 11) is 1.38. The molecule has 0 aliphatic heterocycles. The van der Waals surface area contributed by atoms with Gasteiger partial charge in [-0.3, -0.25) is 0 Å². The van der Waals surface area contributed by atoms with Crippen LogP contribution >= 0.6 is 27.3 Å². The quantitative estimate of drug-likeness (QED) is 0.604. The molecule has 0 bridgehead atoms. The van der Waals surface area contributed by atoms with E-state index in [1.807, 2.05) is 30.3 Å². The maximum Gasteiger partial charge on any atom is 0.337 e. The van der Waals surface area contributed by atoms with E-state index in [2.05, 4.69) is 33.0 Å². The molecule has 1 heterocycles. The molecule has 0 amide bonds. The van der Waals surface area contributed by atoms with Crippen molar-refractivity contribution in [2.24, 2.45) is 0 Å². The van der Waals surface area contributed by atoms with Gasteiger partial charge in [0.1, 0.15) is 9.61 Å². The minimum atomic E-state index is -0.336. The Morgan fingerprint density at radius 3 is 2.36 bits per heavy atom. The van der Waals surface area contributed by atoms with Crippen LogP contribution in [0.3, 0.4) is 0 Å². The van der Waals surface area contributed by atoms with Crippen LogP contribution in [0.25, 0.3) is 21.0 Å². The Morgan fingerprint density at radius 1 is 1.05 bits per heavy atom. The summed E-state index contributed by atoms with van der Waals surface area (Å²) in [6.07, 6.45) is 0. The third-order valence-electron chi connectivity index (χ3n) is 3.17. The molecule has 2 aromatic carbocycles. The number of carbonyl (C=O) groups excluding carboxylic acids is 1. The van der Waals surface area contributed by atoms with E-state index in [9.17, 15) is 4.79 Å². The largest absolute Gasteiger partial charge is 0.465 e. The zero-order valence-electron chi connectivity index (χ0n) is 11.7. The van der Waals surface area contributed by atoms with Crippen molar-refractivity contribution in [3.8, 4) is 21.0 Å². The van der Waals surface area contributed by atoms with E-state index in [1.165, 1.54) is 7.11 Å². The number of hydrogen-bond acceptors (Lipinski definition) is 4. The average molecular weight is 374 g/mol. The second-order valence-corrected chi connectivity index (χ2v) is 6.32. The van der Waals surface area contributed by atoms with Crippen molar-refractivity contribution in [2.45, 2.75) is 0 Å². The molecule has 0 N–H and O–H groups in total. The van der Waals surface area contributed by atoms with Gasteiger partial charge in [-0.2, -0.15) is 0 Å². The highest BCUT2D eigenvalue weighted by molar-refractivity contribution is 9.10. The Kier molecular flexibility index (Phi) is 4.36. The molecule has 0 unspecified atom stereocenters. The Morgan fingerprint density at radius 2 is 1.73 bits per heavy atom. The van der Waals surface area contributed by atoms with E-state index < -0.39 is 0 Å². The minimum absolute atomic E-state index is 0.336. The van der Waals surface area contributed by atoms with Gasteiger partial charge in [-0.25, -0.2) is 9.78 Å². The fourth-order valence-electron chi connectivity index (χ4n) is 2.06. The molecule has 110 valence electrons. The summed E-state index contributed by atoms with van der Waals surface area (Å²) in [6.45, 7) is 0. The van der Waals surface area contributed by atoms with Crippen LogP contribution in [0.2, 0.25) is 0 Å². The molecule has 0 atom stereocenters. The predicted octanol–water partition coefficient (Wildman–Crippen LogP) is 5.03. The van der Waals surface area contributed by atoms with Crippen molar-refractivity contribution in [1.82, 2.24) is 4.98 Å². The van der Waals surface area contributed by atoms with Crippen LogP contribution in [0, 0.1) is 0 Å². The first-order valence-corrected chi connectivity index (χ1v) is 8.20. The van der Waals surface area contributed by atoms with Crippen molar-refractivity contribution < 1.29 is 9.53 Å². The number of ether oxygens (including phenoxy) is 1. The molecule has 3 nitrogen and oxygen atoms in total. The molecule has 3 rings (SSSR count). The Balaban J connectivity index is 1.95. The summed E-state index contributed by atoms with van der Waals surface area (Å²) < 4.78 is 5.53. The summed E-state index contributed by atoms with van der Waals surface area (Å²) in [4.78, 5) is 17.1. The van der Waals surface area contributed by atoms with Gasteiger partial charge < -0.3 is 4.74 Å². The summed E-state index contributed by atoms with van der Waals surface area (Å²) in [5, 5.41) is 0.905. The van der Waals surface area contributed by atoms with E-state index in [0.717, 1.165) is 25.6 Å². The van der Waals surface area contributed by atoms with Gasteiger partial charge >= 0.3 is 5.97 Å². The lowest BCUT2D eigenvalue weighted by molar-refractivity contribution is 0.0601. The monoisotopic (exact) mass is 373 g/mol. The maximum absolute atomic E-state index is 11.5. The first kappa shape index (κ1) is 14.9. The molecule has 1 aromatic heterocycles. The normalized spacial score (nSPS) is 10.5. The third kappa shape index (κ3) is 2.96. The summed E-state index contributed by atoms with van der Waals surface area (Å²) >= 11 is 5.14. The van der Waals surface area contributed by atoms with Gasteiger partial charge in [0.2, 0.25) is 0 Å². The Hall–Kier alpha value is -1.98. The SMILES string of the molecule is COC(=O)c1ccc(-c2nc(Br)c(-c3ccccc3)s2)cc1. The van der Waals surface area contributed by atoms with Crippen molar-refractivity contribution in [1.29, 1.82) is 0 Å². The van der Waals surface area contributed by atoms with Crippen molar-refractivity contribution in [3.05, 3.63) is 64.8 Å². The van der Waals surface area contributed by atoms with Gasteiger partial charge in [0.25, 0.3) is 0 Å². The second-order valence-electron chi connectivity index (χ2n) is 4.57. The number of carbonyl (C=O) groups is 1. The fourth-order valence-corrected chi connectivity index (χ4v) is 3.79. The van der Waals surface area contributed by atoms with E-state index in [-0.39, 0.29) is 5.97 Å². The van der Waals surface area contributed by atoms with Crippen LogP contribution in [-0.2, 0) is 4.74 Å². The predicted molar refractivity (Wildman–Crippen MR) is 92.0 cm³/mol. The highest BCUT2D eigenvalue weighted by Gasteiger charge is 2.13. The van der Waals surface area contributed by atoms with E-state index >= 15 is 0 Å². The topological polar surface area (TPSA) is 39.2 Å². The van der Waals surface area contributed by atoms with Crippen LogP contribution in [-0.4, -0.2) is 18.1 Å². The Labute approximate surface area is 140 Å². The summed E-state index contributed by atoms with van der Waals surface area (Å²) in [5.74, 6) is -0.336. The summed E-state index contributed by atoms with van der Waals surface area (Å²) in [5.41, 5.74) is 2.63. The third-order valence-corrected chi connectivity index (χ3v) is 5.16. The van der Waals surface area contributed by atoms with Crippen LogP contribution in [0.5, 0.6) is 0 Å². The number of thiazole rings is 1. The van der Waals surface area contributed by atoms with Crippen molar-refractivity contribution >= 4 is 33.2 Å². The van der Waals surface area contributed by atoms with Crippen molar-refractivity contribution in [2.75, 3.05) is 7.11 Å².